The van der Waals surface area contributed by atoms with E-state index in [9.17, 15) is 18.0 Å². The molecule has 0 aliphatic rings. The molecule has 0 bridgehead atoms. The molecule has 0 spiro atoms. The van der Waals surface area contributed by atoms with Crippen LogP contribution in [0.1, 0.15) is 48.2 Å². The number of amides is 1. The summed E-state index contributed by atoms with van der Waals surface area (Å²) in [6, 6.07) is 11.9. The molecule has 1 amide bonds. The van der Waals surface area contributed by atoms with Crippen molar-refractivity contribution in [3.63, 3.8) is 0 Å². The number of carbonyl (C=O) groups is 2. The van der Waals surface area contributed by atoms with Gasteiger partial charge in [-0.15, -0.1) is 0 Å². The van der Waals surface area contributed by atoms with E-state index in [4.69, 9.17) is 4.74 Å². The zero-order valence-corrected chi connectivity index (χ0v) is 18.7. The minimum absolute atomic E-state index is 0.243. The third-order valence-electron chi connectivity index (χ3n) is 4.56. The number of nitrogens with zero attached hydrogens (tertiary/aromatic N) is 1. The van der Waals surface area contributed by atoms with Crippen LogP contribution in [0.5, 0.6) is 0 Å². The molecule has 7 nitrogen and oxygen atoms in total. The summed E-state index contributed by atoms with van der Waals surface area (Å²) in [5.41, 5.74) is 2.96. The van der Waals surface area contributed by atoms with E-state index in [1.54, 1.807) is 38.1 Å². The molecule has 0 saturated heterocycles. The van der Waals surface area contributed by atoms with E-state index in [1.165, 1.54) is 6.07 Å². The number of esters is 1. The molecular weight excluding hydrogens is 404 g/mol. The number of nitrogens with one attached hydrogen (secondary N) is 1. The second-order valence-electron chi connectivity index (χ2n) is 7.31. The SMILES string of the molecule is CCOC(=O)c1ccc(C)c(NC(=O)CN(c2ccc(C(C)C)cc2)S(C)(=O)=O)c1. The Bertz CT molecular complexity index is 1010. The third-order valence-corrected chi connectivity index (χ3v) is 5.70. The third kappa shape index (κ3) is 6.06. The Balaban J connectivity index is 2.23. The lowest BCUT2D eigenvalue weighted by Gasteiger charge is -2.22. The lowest BCUT2D eigenvalue weighted by Crippen LogP contribution is -2.37. The fourth-order valence-electron chi connectivity index (χ4n) is 2.84. The van der Waals surface area contributed by atoms with E-state index in [0.29, 0.717) is 22.9 Å². The summed E-state index contributed by atoms with van der Waals surface area (Å²) in [7, 11) is -3.68. The number of aryl methyl sites for hydroxylation is 1. The van der Waals surface area contributed by atoms with Crippen LogP contribution in [-0.4, -0.2) is 39.7 Å². The lowest BCUT2D eigenvalue weighted by molar-refractivity contribution is -0.114. The normalized spacial score (nSPS) is 11.3. The van der Waals surface area contributed by atoms with Gasteiger partial charge in [-0.1, -0.05) is 32.0 Å². The first-order valence-electron chi connectivity index (χ1n) is 9.68. The van der Waals surface area contributed by atoms with Crippen LogP contribution in [0.2, 0.25) is 0 Å². The Morgan fingerprint density at radius 2 is 1.73 bits per heavy atom. The molecule has 1 N–H and O–H groups in total. The van der Waals surface area contributed by atoms with Crippen molar-refractivity contribution in [1.82, 2.24) is 0 Å². The number of hydrogen-bond donors (Lipinski definition) is 1. The van der Waals surface area contributed by atoms with Crippen molar-refractivity contribution in [3.8, 4) is 0 Å². The lowest BCUT2D eigenvalue weighted by atomic mass is 10.0. The summed E-state index contributed by atoms with van der Waals surface area (Å²) >= 11 is 0. The molecule has 0 radical (unpaired) electrons. The van der Waals surface area contributed by atoms with Crippen LogP contribution in [0.3, 0.4) is 0 Å². The molecule has 0 aliphatic heterocycles. The molecule has 0 aromatic heterocycles. The molecule has 2 aromatic carbocycles. The van der Waals surface area contributed by atoms with Crippen LogP contribution in [0.4, 0.5) is 11.4 Å². The molecule has 2 rings (SSSR count). The predicted octanol–water partition coefficient (Wildman–Crippen LogP) is 3.70. The highest BCUT2D eigenvalue weighted by molar-refractivity contribution is 7.92. The van der Waals surface area contributed by atoms with Gasteiger partial charge in [0.1, 0.15) is 6.54 Å². The van der Waals surface area contributed by atoms with E-state index < -0.39 is 21.9 Å². The Hall–Kier alpha value is -2.87. The molecule has 8 heteroatoms. The van der Waals surface area contributed by atoms with E-state index in [0.717, 1.165) is 21.7 Å². The number of hydrogen-bond acceptors (Lipinski definition) is 5. The maximum absolute atomic E-state index is 12.6. The van der Waals surface area contributed by atoms with Crippen molar-refractivity contribution < 1.29 is 22.7 Å². The van der Waals surface area contributed by atoms with Crippen molar-refractivity contribution in [2.75, 3.05) is 29.0 Å². The molecule has 0 atom stereocenters. The first-order valence-corrected chi connectivity index (χ1v) is 11.5. The summed E-state index contributed by atoms with van der Waals surface area (Å²) in [6.07, 6.45) is 1.06. The van der Waals surface area contributed by atoms with Gasteiger partial charge in [0.2, 0.25) is 15.9 Å². The van der Waals surface area contributed by atoms with Crippen LogP contribution in [0.15, 0.2) is 42.5 Å². The zero-order valence-electron chi connectivity index (χ0n) is 17.9. The van der Waals surface area contributed by atoms with Gasteiger partial charge in [-0.25, -0.2) is 13.2 Å². The summed E-state index contributed by atoms with van der Waals surface area (Å²) < 4.78 is 30.6. The van der Waals surface area contributed by atoms with Crippen LogP contribution in [-0.2, 0) is 19.6 Å². The van der Waals surface area contributed by atoms with Crippen molar-refractivity contribution in [2.24, 2.45) is 0 Å². The summed E-state index contributed by atoms with van der Waals surface area (Å²) in [5.74, 6) is -0.697. The van der Waals surface area contributed by atoms with Crippen LogP contribution in [0.25, 0.3) is 0 Å². The molecule has 0 heterocycles. The first kappa shape index (κ1) is 23.4. The van der Waals surface area contributed by atoms with Crippen molar-refractivity contribution in [3.05, 3.63) is 59.2 Å². The van der Waals surface area contributed by atoms with Gasteiger partial charge in [0.15, 0.2) is 0 Å². The minimum atomic E-state index is -3.68. The zero-order chi connectivity index (χ0) is 22.5. The van der Waals surface area contributed by atoms with Gasteiger partial charge in [0, 0.05) is 5.69 Å². The quantitative estimate of drug-likeness (QED) is 0.642. The van der Waals surface area contributed by atoms with Crippen molar-refractivity contribution in [1.29, 1.82) is 0 Å². The van der Waals surface area contributed by atoms with Gasteiger partial charge >= 0.3 is 5.97 Å². The maximum Gasteiger partial charge on any atom is 0.338 e. The molecular formula is C22H28N2O5S. The monoisotopic (exact) mass is 432 g/mol. The number of benzene rings is 2. The van der Waals surface area contributed by atoms with Gasteiger partial charge in [-0.05, 0) is 55.2 Å². The summed E-state index contributed by atoms with van der Waals surface area (Å²) in [4.78, 5) is 24.6. The fourth-order valence-corrected chi connectivity index (χ4v) is 3.70. The molecule has 0 unspecified atom stereocenters. The molecule has 30 heavy (non-hydrogen) atoms. The highest BCUT2D eigenvalue weighted by atomic mass is 32.2. The Morgan fingerprint density at radius 1 is 1.10 bits per heavy atom. The standard InChI is InChI=1S/C22H28N2O5S/c1-6-29-22(26)18-8-7-16(4)20(13-18)23-21(25)14-24(30(5,27)28)19-11-9-17(10-12-19)15(2)3/h7-13,15H,6,14H2,1-5H3,(H,23,25). The van der Waals surface area contributed by atoms with Gasteiger partial charge in [0.25, 0.3) is 0 Å². The molecule has 0 saturated carbocycles. The Labute approximate surface area is 178 Å². The second kappa shape index (κ2) is 9.75. The number of anilines is 2. The van der Waals surface area contributed by atoms with E-state index >= 15 is 0 Å². The largest absolute Gasteiger partial charge is 0.462 e. The number of rotatable bonds is 8. The predicted molar refractivity (Wildman–Crippen MR) is 118 cm³/mol. The highest BCUT2D eigenvalue weighted by Crippen LogP contribution is 2.23. The van der Waals surface area contributed by atoms with Crippen molar-refractivity contribution >= 4 is 33.3 Å². The molecule has 2 aromatic rings. The maximum atomic E-state index is 12.6. The van der Waals surface area contributed by atoms with Crippen LogP contribution < -0.4 is 9.62 Å². The fraction of sp³-hybridized carbons (Fsp3) is 0.364. The Kier molecular flexibility index (Phi) is 7.61. The van der Waals surface area contributed by atoms with Crippen LogP contribution >= 0.6 is 0 Å². The summed E-state index contributed by atoms with van der Waals surface area (Å²) in [5, 5.41) is 2.70. The summed E-state index contributed by atoms with van der Waals surface area (Å²) in [6.45, 7) is 7.44. The van der Waals surface area contributed by atoms with Gasteiger partial charge < -0.3 is 10.1 Å². The second-order valence-corrected chi connectivity index (χ2v) is 9.22. The minimum Gasteiger partial charge on any atom is -0.462 e. The van der Waals surface area contributed by atoms with Crippen molar-refractivity contribution in [2.45, 2.75) is 33.6 Å². The molecule has 162 valence electrons. The van der Waals surface area contributed by atoms with E-state index in [1.807, 2.05) is 26.0 Å². The number of carbonyl (C=O) groups excluding carboxylic acids is 2. The number of ether oxygens (including phenoxy) is 1. The van der Waals surface area contributed by atoms with E-state index in [2.05, 4.69) is 5.32 Å². The van der Waals surface area contributed by atoms with Gasteiger partial charge in [0.05, 0.1) is 24.1 Å². The van der Waals surface area contributed by atoms with Gasteiger partial charge in [-0.2, -0.15) is 0 Å². The molecule has 0 fully saturated rings. The first-order chi connectivity index (χ1) is 14.0. The average Bonchev–Trinajstić information content (AvgIpc) is 2.67. The van der Waals surface area contributed by atoms with E-state index in [-0.39, 0.29) is 13.2 Å². The smallest absolute Gasteiger partial charge is 0.338 e. The highest BCUT2D eigenvalue weighted by Gasteiger charge is 2.21. The topological polar surface area (TPSA) is 92.8 Å². The Morgan fingerprint density at radius 3 is 2.27 bits per heavy atom. The molecule has 0 aliphatic carbocycles. The van der Waals surface area contributed by atoms with Gasteiger partial charge in [-0.3, -0.25) is 9.10 Å². The van der Waals surface area contributed by atoms with Crippen LogP contribution in [0, 0.1) is 6.92 Å². The number of sulfonamides is 1. The average molecular weight is 433 g/mol.